The number of methoxy groups -OCH3 is 1. The Kier molecular flexibility index (Phi) is 6.98. The Balaban J connectivity index is 1.89. The van der Waals surface area contributed by atoms with Gasteiger partial charge < -0.3 is 4.74 Å². The number of nitrogens with zero attached hydrogens (tertiary/aromatic N) is 2. The molecule has 0 aliphatic carbocycles. The number of sulfonamides is 1. The molecule has 0 saturated heterocycles. The number of hydrogen-bond donors (Lipinski definition) is 2. The Hall–Kier alpha value is -3.92. The van der Waals surface area contributed by atoms with Crippen molar-refractivity contribution in [3.8, 4) is 5.75 Å². The van der Waals surface area contributed by atoms with Crippen molar-refractivity contribution in [2.24, 2.45) is 5.10 Å². The van der Waals surface area contributed by atoms with Gasteiger partial charge in [0.2, 0.25) is 0 Å². The molecule has 0 aliphatic rings. The predicted octanol–water partition coefficient (Wildman–Crippen LogP) is 4.86. The molecule has 0 saturated carbocycles. The van der Waals surface area contributed by atoms with Gasteiger partial charge in [0.1, 0.15) is 11.4 Å². The van der Waals surface area contributed by atoms with Crippen LogP contribution in [-0.4, -0.2) is 26.2 Å². The standard InChI is InChI=1S/C23H24N4O5S/c1-15-8-10-21(16(2)12-15)26-33(30,31)20-9-11-22(23(14-20)27(28)29)25-24-17(3)18-6-5-7-19(13-18)32-4/h5-14,25-26H,1-4H3/b24-17-. The smallest absolute Gasteiger partial charge is 0.295 e. The van der Waals surface area contributed by atoms with E-state index in [4.69, 9.17) is 4.74 Å². The van der Waals surface area contributed by atoms with E-state index >= 15 is 0 Å². The highest BCUT2D eigenvalue weighted by molar-refractivity contribution is 7.92. The van der Waals surface area contributed by atoms with Crippen LogP contribution in [0.25, 0.3) is 0 Å². The summed E-state index contributed by atoms with van der Waals surface area (Å²) >= 11 is 0. The van der Waals surface area contributed by atoms with Crippen LogP contribution in [0.1, 0.15) is 23.6 Å². The zero-order chi connectivity index (χ0) is 24.2. The Morgan fingerprint density at radius 1 is 1.03 bits per heavy atom. The first-order chi connectivity index (χ1) is 15.6. The van der Waals surface area contributed by atoms with Gasteiger partial charge in [0.25, 0.3) is 15.7 Å². The summed E-state index contributed by atoms with van der Waals surface area (Å²) in [5.74, 6) is 0.652. The van der Waals surface area contributed by atoms with Crippen LogP contribution in [0.2, 0.25) is 0 Å². The lowest BCUT2D eigenvalue weighted by atomic mass is 10.1. The van der Waals surface area contributed by atoms with E-state index in [-0.39, 0.29) is 10.6 Å². The first-order valence-corrected chi connectivity index (χ1v) is 11.4. The molecule has 0 aromatic heterocycles. The maximum absolute atomic E-state index is 12.8. The summed E-state index contributed by atoms with van der Waals surface area (Å²) in [7, 11) is -2.48. The molecule has 0 aliphatic heterocycles. The maximum Gasteiger partial charge on any atom is 0.295 e. The lowest BCUT2D eigenvalue weighted by molar-refractivity contribution is -0.384. The molecular weight excluding hydrogens is 444 g/mol. The van der Waals surface area contributed by atoms with Crippen molar-refractivity contribution in [1.29, 1.82) is 0 Å². The molecule has 0 spiro atoms. The second kappa shape index (κ2) is 9.70. The van der Waals surface area contributed by atoms with Crippen molar-refractivity contribution < 1.29 is 18.1 Å². The summed E-state index contributed by atoms with van der Waals surface area (Å²) in [5.41, 5.74) is 5.78. The van der Waals surface area contributed by atoms with Gasteiger partial charge in [0.05, 0.1) is 28.3 Å². The minimum atomic E-state index is -4.04. The Morgan fingerprint density at radius 2 is 1.76 bits per heavy atom. The van der Waals surface area contributed by atoms with E-state index < -0.39 is 20.6 Å². The molecule has 3 rings (SSSR count). The van der Waals surface area contributed by atoms with Crippen molar-refractivity contribution in [3.05, 3.63) is 87.5 Å². The fraction of sp³-hybridized carbons (Fsp3) is 0.174. The first-order valence-electron chi connectivity index (χ1n) is 9.94. The van der Waals surface area contributed by atoms with Crippen molar-refractivity contribution >= 4 is 32.8 Å². The molecule has 0 bridgehead atoms. The Bertz CT molecular complexity index is 1340. The average Bonchev–Trinajstić information content (AvgIpc) is 2.79. The molecule has 0 unspecified atom stereocenters. The van der Waals surface area contributed by atoms with Crippen LogP contribution in [0.4, 0.5) is 17.1 Å². The number of aryl methyl sites for hydroxylation is 2. The van der Waals surface area contributed by atoms with E-state index in [0.29, 0.717) is 17.1 Å². The summed E-state index contributed by atoms with van der Waals surface area (Å²) in [6.07, 6.45) is 0. The SMILES string of the molecule is COc1cccc(/C(C)=N\Nc2ccc(S(=O)(=O)Nc3ccc(C)cc3C)cc2[N+](=O)[O-])c1. The molecule has 2 N–H and O–H groups in total. The third kappa shape index (κ3) is 5.66. The summed E-state index contributed by atoms with van der Waals surface area (Å²) < 4.78 is 33.4. The summed E-state index contributed by atoms with van der Waals surface area (Å²) in [6.45, 7) is 5.42. The van der Waals surface area contributed by atoms with Crippen molar-refractivity contribution in [1.82, 2.24) is 0 Å². The summed E-state index contributed by atoms with van der Waals surface area (Å²) in [5, 5.41) is 15.8. The summed E-state index contributed by atoms with van der Waals surface area (Å²) in [4.78, 5) is 10.7. The number of ether oxygens (including phenoxy) is 1. The molecule has 0 amide bonds. The van der Waals surface area contributed by atoms with Gasteiger partial charge in [-0.3, -0.25) is 20.3 Å². The highest BCUT2D eigenvalue weighted by atomic mass is 32.2. The van der Waals surface area contributed by atoms with Crippen LogP contribution >= 0.6 is 0 Å². The highest BCUT2D eigenvalue weighted by Gasteiger charge is 2.22. The molecule has 10 heteroatoms. The molecule has 0 fully saturated rings. The fourth-order valence-electron chi connectivity index (χ4n) is 3.11. The number of hydrazone groups is 1. The highest BCUT2D eigenvalue weighted by Crippen LogP contribution is 2.29. The number of rotatable bonds is 8. The quantitative estimate of drug-likeness (QED) is 0.277. The number of nitro groups is 1. The number of anilines is 2. The maximum atomic E-state index is 12.8. The molecule has 0 radical (unpaired) electrons. The third-order valence-electron chi connectivity index (χ3n) is 4.93. The van der Waals surface area contributed by atoms with Crippen molar-refractivity contribution in [3.63, 3.8) is 0 Å². The summed E-state index contributed by atoms with van der Waals surface area (Å²) in [6, 6.07) is 16.1. The van der Waals surface area contributed by atoms with Crippen LogP contribution < -0.4 is 14.9 Å². The van der Waals surface area contributed by atoms with Gasteiger partial charge >= 0.3 is 0 Å². The Morgan fingerprint density at radius 3 is 2.42 bits per heavy atom. The predicted molar refractivity (Wildman–Crippen MR) is 129 cm³/mol. The number of benzene rings is 3. The van der Waals surface area contributed by atoms with Gasteiger partial charge in [-0.25, -0.2) is 8.42 Å². The number of nitro benzene ring substituents is 1. The topological polar surface area (TPSA) is 123 Å². The Labute approximate surface area is 192 Å². The lowest BCUT2D eigenvalue weighted by Gasteiger charge is -2.12. The molecule has 0 atom stereocenters. The minimum absolute atomic E-state index is 0.0627. The van der Waals surface area contributed by atoms with E-state index in [1.165, 1.54) is 12.1 Å². The van der Waals surface area contributed by atoms with Gasteiger partial charge in [0.15, 0.2) is 0 Å². The minimum Gasteiger partial charge on any atom is -0.497 e. The molecule has 33 heavy (non-hydrogen) atoms. The van der Waals surface area contributed by atoms with E-state index in [0.717, 1.165) is 22.8 Å². The van der Waals surface area contributed by atoms with E-state index in [9.17, 15) is 18.5 Å². The van der Waals surface area contributed by atoms with Crippen LogP contribution in [-0.2, 0) is 10.0 Å². The molecule has 3 aromatic rings. The van der Waals surface area contributed by atoms with Gasteiger partial charge in [-0.05, 0) is 56.7 Å². The van der Waals surface area contributed by atoms with Crippen LogP contribution in [0.15, 0.2) is 70.7 Å². The van der Waals surface area contributed by atoms with Crippen molar-refractivity contribution in [2.45, 2.75) is 25.7 Å². The second-order valence-electron chi connectivity index (χ2n) is 7.40. The fourth-order valence-corrected chi connectivity index (χ4v) is 4.26. The molecule has 3 aromatic carbocycles. The van der Waals surface area contributed by atoms with E-state index in [1.807, 2.05) is 19.1 Å². The van der Waals surface area contributed by atoms with Crippen LogP contribution in [0.5, 0.6) is 5.75 Å². The second-order valence-corrected chi connectivity index (χ2v) is 9.08. The van der Waals surface area contributed by atoms with Crippen LogP contribution in [0, 0.1) is 24.0 Å². The van der Waals surface area contributed by atoms with Crippen molar-refractivity contribution in [2.75, 3.05) is 17.3 Å². The first kappa shape index (κ1) is 23.7. The third-order valence-corrected chi connectivity index (χ3v) is 6.30. The zero-order valence-electron chi connectivity index (χ0n) is 18.6. The molecular formula is C23H24N4O5S. The molecule has 172 valence electrons. The largest absolute Gasteiger partial charge is 0.497 e. The zero-order valence-corrected chi connectivity index (χ0v) is 19.4. The van der Waals surface area contributed by atoms with Gasteiger partial charge in [-0.1, -0.05) is 29.8 Å². The van der Waals surface area contributed by atoms with E-state index in [2.05, 4.69) is 15.2 Å². The van der Waals surface area contributed by atoms with Gasteiger partial charge in [-0.15, -0.1) is 0 Å². The number of hydrogen-bond acceptors (Lipinski definition) is 7. The van der Waals surface area contributed by atoms with Gasteiger partial charge in [-0.2, -0.15) is 5.10 Å². The normalized spacial score (nSPS) is 11.7. The van der Waals surface area contributed by atoms with E-state index in [1.54, 1.807) is 51.3 Å². The molecule has 0 heterocycles. The molecule has 9 nitrogen and oxygen atoms in total. The monoisotopic (exact) mass is 468 g/mol. The van der Waals surface area contributed by atoms with Gasteiger partial charge in [0, 0.05) is 11.6 Å². The average molecular weight is 469 g/mol. The van der Waals surface area contributed by atoms with Crippen LogP contribution in [0.3, 0.4) is 0 Å². The number of nitrogens with one attached hydrogen (secondary N) is 2. The lowest BCUT2D eigenvalue weighted by Crippen LogP contribution is -2.14.